The van der Waals surface area contributed by atoms with Gasteiger partial charge < -0.3 is 20.1 Å². The lowest BCUT2D eigenvalue weighted by Gasteiger charge is -2.28. The highest BCUT2D eigenvalue weighted by Gasteiger charge is 2.28. The summed E-state index contributed by atoms with van der Waals surface area (Å²) in [5.41, 5.74) is 1.03. The summed E-state index contributed by atoms with van der Waals surface area (Å²) in [6.45, 7) is 3.53. The fraction of sp³-hybridized carbons (Fsp3) is 0.765. The number of nitrogens with one attached hydrogen (secondary N) is 1. The number of imidazole rings is 1. The highest BCUT2D eigenvalue weighted by atomic mass is 16.4. The minimum absolute atomic E-state index is 0.416. The summed E-state index contributed by atoms with van der Waals surface area (Å²) in [6, 6.07) is -0.416. The number of nitrogens with zero attached hydrogens (tertiary/aromatic N) is 2. The number of aliphatic carboxylic acids is 1. The van der Waals surface area contributed by atoms with Crippen LogP contribution in [0.3, 0.4) is 0 Å². The zero-order valence-corrected chi connectivity index (χ0v) is 13.9. The van der Waals surface area contributed by atoms with Crippen LogP contribution in [0, 0.1) is 5.92 Å². The van der Waals surface area contributed by atoms with Crippen LogP contribution in [0.2, 0.25) is 0 Å². The number of hydrogen-bond acceptors (Lipinski definition) is 4. The van der Waals surface area contributed by atoms with Crippen molar-refractivity contribution in [2.45, 2.75) is 77.1 Å². The van der Waals surface area contributed by atoms with Crippen molar-refractivity contribution in [3.63, 3.8) is 0 Å². The number of carboxylic acids is 1. The molecule has 1 aliphatic rings. The van der Waals surface area contributed by atoms with Gasteiger partial charge in [-0.05, 0) is 18.8 Å². The topological polar surface area (TPSA) is 87.4 Å². The van der Waals surface area contributed by atoms with Crippen molar-refractivity contribution in [3.8, 4) is 0 Å². The summed E-state index contributed by atoms with van der Waals surface area (Å²) < 4.78 is 2.07. The number of aryl methyl sites for hydroxylation is 1. The van der Waals surface area contributed by atoms with E-state index in [-0.39, 0.29) is 0 Å². The molecule has 0 bridgehead atoms. The molecule has 3 N–H and O–H groups in total. The Morgan fingerprint density at radius 1 is 1.43 bits per heavy atom. The Balaban J connectivity index is 1.95. The molecule has 1 fully saturated rings. The van der Waals surface area contributed by atoms with E-state index in [0.717, 1.165) is 37.9 Å². The third kappa shape index (κ3) is 5.32. The average molecular weight is 323 g/mol. The molecule has 0 amide bonds. The molecule has 0 aromatic carbocycles. The van der Waals surface area contributed by atoms with Crippen molar-refractivity contribution < 1.29 is 15.0 Å². The molecule has 1 aromatic heterocycles. The van der Waals surface area contributed by atoms with E-state index in [1.165, 1.54) is 19.3 Å². The van der Waals surface area contributed by atoms with E-state index in [9.17, 15) is 15.0 Å². The van der Waals surface area contributed by atoms with Crippen LogP contribution in [-0.4, -0.2) is 37.9 Å². The van der Waals surface area contributed by atoms with Crippen LogP contribution in [0.4, 0.5) is 0 Å². The Hall–Kier alpha value is -1.40. The van der Waals surface area contributed by atoms with Gasteiger partial charge in [-0.3, -0.25) is 0 Å². The maximum Gasteiger partial charge on any atom is 0.334 e. The number of aliphatic hydroxyl groups is 1. The number of hydrogen-bond donors (Lipinski definition) is 3. The van der Waals surface area contributed by atoms with Gasteiger partial charge in [-0.25, -0.2) is 9.78 Å². The first-order valence-electron chi connectivity index (χ1n) is 8.75. The van der Waals surface area contributed by atoms with E-state index in [4.69, 9.17) is 0 Å². The molecule has 6 nitrogen and oxygen atoms in total. The predicted molar refractivity (Wildman–Crippen MR) is 88.0 cm³/mol. The molecule has 1 aromatic rings. The summed E-state index contributed by atoms with van der Waals surface area (Å²) in [5.74, 6) is -0.642. The maximum atomic E-state index is 11.2. The number of aromatic nitrogens is 2. The van der Waals surface area contributed by atoms with Gasteiger partial charge in [0.1, 0.15) is 0 Å². The molecule has 1 heterocycles. The first-order valence-corrected chi connectivity index (χ1v) is 8.75. The second kappa shape index (κ2) is 9.03. The Labute approximate surface area is 137 Å². The van der Waals surface area contributed by atoms with Gasteiger partial charge in [0.2, 0.25) is 0 Å². The molecule has 1 saturated carbocycles. The van der Waals surface area contributed by atoms with E-state index in [2.05, 4.69) is 21.8 Å². The van der Waals surface area contributed by atoms with Crippen LogP contribution in [0.1, 0.15) is 57.6 Å². The zero-order chi connectivity index (χ0) is 16.7. The summed E-state index contributed by atoms with van der Waals surface area (Å²) in [4.78, 5) is 15.4. The Bertz CT molecular complexity index is 483. The van der Waals surface area contributed by atoms with Crippen molar-refractivity contribution in [1.82, 2.24) is 14.9 Å². The standard InChI is InChI=1S/C17H29N3O3/c1-2-8-20-12-18-10-14(20)11-19-15(16(21)17(22)23)9-13-6-4-3-5-7-13/h10,12-13,15-16,19,21H,2-9,11H2,1H3,(H,22,23). The van der Waals surface area contributed by atoms with E-state index < -0.39 is 18.1 Å². The van der Waals surface area contributed by atoms with E-state index >= 15 is 0 Å². The summed E-state index contributed by atoms with van der Waals surface area (Å²) in [6.07, 6.45) is 9.94. The third-order valence-corrected chi connectivity index (χ3v) is 4.75. The van der Waals surface area contributed by atoms with Crippen LogP contribution in [0.15, 0.2) is 12.5 Å². The molecular weight excluding hydrogens is 294 g/mol. The zero-order valence-electron chi connectivity index (χ0n) is 13.9. The third-order valence-electron chi connectivity index (χ3n) is 4.75. The highest BCUT2D eigenvalue weighted by molar-refractivity contribution is 5.72. The van der Waals surface area contributed by atoms with Gasteiger partial charge >= 0.3 is 5.97 Å². The Kier molecular flexibility index (Phi) is 7.05. The first kappa shape index (κ1) is 17.9. The normalized spacial score (nSPS) is 18.7. The molecule has 2 unspecified atom stereocenters. The van der Waals surface area contributed by atoms with Gasteiger partial charge in [-0.1, -0.05) is 39.0 Å². The number of rotatable bonds is 9. The second-order valence-electron chi connectivity index (χ2n) is 6.59. The van der Waals surface area contributed by atoms with Gasteiger partial charge in [0.15, 0.2) is 6.10 Å². The lowest BCUT2D eigenvalue weighted by atomic mass is 9.83. The first-order chi connectivity index (χ1) is 11.1. The average Bonchev–Trinajstić information content (AvgIpc) is 2.99. The Morgan fingerprint density at radius 3 is 2.83 bits per heavy atom. The van der Waals surface area contributed by atoms with E-state index in [1.54, 1.807) is 12.5 Å². The molecule has 6 heteroatoms. The van der Waals surface area contributed by atoms with Crippen molar-refractivity contribution in [2.75, 3.05) is 0 Å². The maximum absolute atomic E-state index is 11.2. The van der Waals surface area contributed by atoms with Crippen LogP contribution in [0.5, 0.6) is 0 Å². The van der Waals surface area contributed by atoms with Crippen LogP contribution in [0.25, 0.3) is 0 Å². The monoisotopic (exact) mass is 323 g/mol. The summed E-state index contributed by atoms with van der Waals surface area (Å²) >= 11 is 0. The van der Waals surface area contributed by atoms with Gasteiger partial charge in [-0.2, -0.15) is 0 Å². The summed E-state index contributed by atoms with van der Waals surface area (Å²) in [7, 11) is 0. The number of carboxylic acid groups (broad SMARTS) is 1. The van der Waals surface area contributed by atoms with Crippen molar-refractivity contribution in [3.05, 3.63) is 18.2 Å². The van der Waals surface area contributed by atoms with Gasteiger partial charge in [0.25, 0.3) is 0 Å². The molecular formula is C17H29N3O3. The molecule has 0 aliphatic heterocycles. The molecule has 23 heavy (non-hydrogen) atoms. The minimum Gasteiger partial charge on any atom is -0.479 e. The van der Waals surface area contributed by atoms with Gasteiger partial charge in [-0.15, -0.1) is 0 Å². The van der Waals surface area contributed by atoms with Crippen LogP contribution >= 0.6 is 0 Å². The molecule has 1 aliphatic carbocycles. The van der Waals surface area contributed by atoms with Gasteiger partial charge in [0, 0.05) is 25.3 Å². The highest BCUT2D eigenvalue weighted by Crippen LogP contribution is 2.28. The van der Waals surface area contributed by atoms with Crippen molar-refractivity contribution in [2.24, 2.45) is 5.92 Å². The molecule has 0 spiro atoms. The molecule has 2 rings (SSSR count). The minimum atomic E-state index is -1.36. The smallest absolute Gasteiger partial charge is 0.334 e. The summed E-state index contributed by atoms with van der Waals surface area (Å²) in [5, 5.41) is 22.5. The van der Waals surface area contributed by atoms with Crippen LogP contribution < -0.4 is 5.32 Å². The predicted octanol–water partition coefficient (Wildman–Crippen LogP) is 2.17. The van der Waals surface area contributed by atoms with E-state index in [0.29, 0.717) is 12.5 Å². The Morgan fingerprint density at radius 2 is 2.17 bits per heavy atom. The van der Waals surface area contributed by atoms with Crippen molar-refractivity contribution >= 4 is 5.97 Å². The SMILES string of the molecule is CCCn1cncc1CNC(CC1CCCCC1)C(O)C(=O)O. The lowest BCUT2D eigenvalue weighted by Crippen LogP contribution is -2.45. The molecule has 130 valence electrons. The lowest BCUT2D eigenvalue weighted by molar-refractivity contribution is -0.148. The number of aliphatic hydroxyl groups excluding tert-OH is 1. The molecule has 0 radical (unpaired) electrons. The molecule has 2 atom stereocenters. The van der Waals surface area contributed by atoms with Crippen LogP contribution in [-0.2, 0) is 17.9 Å². The fourth-order valence-corrected chi connectivity index (χ4v) is 3.45. The van der Waals surface area contributed by atoms with Crippen molar-refractivity contribution in [1.29, 1.82) is 0 Å². The number of carbonyl (C=O) groups is 1. The van der Waals surface area contributed by atoms with E-state index in [1.807, 2.05) is 0 Å². The largest absolute Gasteiger partial charge is 0.479 e. The second-order valence-corrected chi connectivity index (χ2v) is 6.59. The molecule has 0 saturated heterocycles. The fourth-order valence-electron chi connectivity index (χ4n) is 3.45. The van der Waals surface area contributed by atoms with Gasteiger partial charge in [0.05, 0.1) is 12.0 Å². The quantitative estimate of drug-likeness (QED) is 0.648.